The Balaban J connectivity index is 2.77. The van der Waals surface area contributed by atoms with Gasteiger partial charge in [-0.25, -0.2) is 9.97 Å². The Bertz CT molecular complexity index is 237. The molecule has 1 aromatic rings. The van der Waals surface area contributed by atoms with Crippen molar-refractivity contribution in [1.29, 1.82) is 0 Å². The van der Waals surface area contributed by atoms with Crippen molar-refractivity contribution in [3.05, 3.63) is 18.2 Å². The molecule has 1 rings (SSSR count). The first-order valence-corrected chi connectivity index (χ1v) is 3.42. The molecule has 0 aromatic carbocycles. The Hall–Kier alpha value is -1.20. The molecule has 5 nitrogen and oxygen atoms in total. The van der Waals surface area contributed by atoms with Gasteiger partial charge in [-0.15, -0.1) is 0 Å². The molecule has 0 saturated carbocycles. The van der Waals surface area contributed by atoms with Crippen LogP contribution in [0.5, 0.6) is 5.75 Å². The van der Waals surface area contributed by atoms with Crippen LogP contribution in [0.4, 0.5) is 0 Å². The van der Waals surface area contributed by atoms with Gasteiger partial charge in [0.25, 0.3) is 0 Å². The first-order valence-electron chi connectivity index (χ1n) is 3.42. The van der Waals surface area contributed by atoms with E-state index in [1.165, 1.54) is 19.5 Å². The third-order valence-corrected chi connectivity index (χ3v) is 1.35. The molecule has 0 aliphatic heterocycles. The standard InChI is InChI=1S/C7H10N2O3/c1-12-5-2-8-7(9-3-5)6(11)4-10/h2-3,6,10-11H,4H2,1H3. The Morgan fingerprint density at radius 3 is 2.50 bits per heavy atom. The van der Waals surface area contributed by atoms with Crippen LogP contribution in [0.3, 0.4) is 0 Å². The summed E-state index contributed by atoms with van der Waals surface area (Å²) in [4.78, 5) is 7.55. The van der Waals surface area contributed by atoms with Gasteiger partial charge < -0.3 is 14.9 Å². The van der Waals surface area contributed by atoms with E-state index in [4.69, 9.17) is 14.9 Å². The Kier molecular flexibility index (Phi) is 2.95. The summed E-state index contributed by atoms with van der Waals surface area (Å²) in [5, 5.41) is 17.6. The highest BCUT2D eigenvalue weighted by molar-refractivity contribution is 5.12. The number of methoxy groups -OCH3 is 1. The maximum absolute atomic E-state index is 9.08. The van der Waals surface area contributed by atoms with Crippen molar-refractivity contribution in [1.82, 2.24) is 9.97 Å². The lowest BCUT2D eigenvalue weighted by Gasteiger charge is -2.04. The zero-order valence-electron chi connectivity index (χ0n) is 6.64. The van der Waals surface area contributed by atoms with Crippen molar-refractivity contribution in [3.8, 4) is 5.75 Å². The molecule has 1 heterocycles. The molecule has 66 valence electrons. The minimum Gasteiger partial charge on any atom is -0.494 e. The summed E-state index contributed by atoms with van der Waals surface area (Å²) < 4.78 is 4.81. The molecule has 1 unspecified atom stereocenters. The van der Waals surface area contributed by atoms with E-state index in [-0.39, 0.29) is 12.4 Å². The van der Waals surface area contributed by atoms with E-state index in [9.17, 15) is 0 Å². The molecule has 2 N–H and O–H groups in total. The highest BCUT2D eigenvalue weighted by Gasteiger charge is 2.08. The zero-order valence-corrected chi connectivity index (χ0v) is 6.64. The van der Waals surface area contributed by atoms with Gasteiger partial charge in [0, 0.05) is 0 Å². The van der Waals surface area contributed by atoms with Gasteiger partial charge in [0.05, 0.1) is 26.1 Å². The number of hydrogen-bond acceptors (Lipinski definition) is 5. The normalized spacial score (nSPS) is 12.6. The average Bonchev–Trinajstić information content (AvgIpc) is 2.17. The highest BCUT2D eigenvalue weighted by atomic mass is 16.5. The van der Waals surface area contributed by atoms with Gasteiger partial charge in [0.15, 0.2) is 11.6 Å². The lowest BCUT2D eigenvalue weighted by molar-refractivity contribution is 0.0884. The molecule has 1 aromatic heterocycles. The lowest BCUT2D eigenvalue weighted by atomic mass is 10.3. The van der Waals surface area contributed by atoms with Crippen molar-refractivity contribution >= 4 is 0 Å². The van der Waals surface area contributed by atoms with Crippen LogP contribution >= 0.6 is 0 Å². The molecule has 12 heavy (non-hydrogen) atoms. The average molecular weight is 170 g/mol. The quantitative estimate of drug-likeness (QED) is 0.640. The molecule has 0 aliphatic rings. The number of aliphatic hydroxyl groups is 2. The monoisotopic (exact) mass is 170 g/mol. The summed E-state index contributed by atoms with van der Waals surface area (Å²) in [6.45, 7) is -0.383. The predicted octanol–water partition coefficient (Wildman–Crippen LogP) is -0.489. The second-order valence-corrected chi connectivity index (χ2v) is 2.18. The molecule has 5 heteroatoms. The summed E-state index contributed by atoms with van der Waals surface area (Å²) in [5.74, 6) is 0.710. The fraction of sp³-hybridized carbons (Fsp3) is 0.429. The number of nitrogens with zero attached hydrogens (tertiary/aromatic N) is 2. The third-order valence-electron chi connectivity index (χ3n) is 1.35. The number of aromatic nitrogens is 2. The van der Waals surface area contributed by atoms with Crippen LogP contribution in [0, 0.1) is 0 Å². The van der Waals surface area contributed by atoms with Crippen LogP contribution in [0.25, 0.3) is 0 Å². The van der Waals surface area contributed by atoms with Gasteiger partial charge in [-0.05, 0) is 0 Å². The van der Waals surface area contributed by atoms with Crippen LogP contribution < -0.4 is 4.74 Å². The molecule has 0 amide bonds. The SMILES string of the molecule is COc1cnc(C(O)CO)nc1. The van der Waals surface area contributed by atoms with Crippen LogP contribution in [-0.4, -0.2) is 33.9 Å². The summed E-state index contributed by atoms with van der Waals surface area (Å²) in [7, 11) is 1.50. The van der Waals surface area contributed by atoms with Gasteiger partial charge in [0.2, 0.25) is 0 Å². The zero-order chi connectivity index (χ0) is 8.97. The minimum atomic E-state index is -1.02. The second kappa shape index (κ2) is 3.99. The van der Waals surface area contributed by atoms with Gasteiger partial charge >= 0.3 is 0 Å². The largest absolute Gasteiger partial charge is 0.494 e. The van der Waals surface area contributed by atoms with Crippen LogP contribution in [0.1, 0.15) is 11.9 Å². The first-order chi connectivity index (χ1) is 5.77. The van der Waals surface area contributed by atoms with Gasteiger partial charge in [-0.1, -0.05) is 0 Å². The van der Waals surface area contributed by atoms with Crippen LogP contribution in [0.2, 0.25) is 0 Å². The number of rotatable bonds is 3. The van der Waals surface area contributed by atoms with E-state index in [1.807, 2.05) is 0 Å². The third kappa shape index (κ3) is 1.90. The van der Waals surface area contributed by atoms with Gasteiger partial charge in [-0.3, -0.25) is 0 Å². The Labute approximate surface area is 69.7 Å². The molecule has 0 fully saturated rings. The first kappa shape index (κ1) is 8.89. The molecule has 0 bridgehead atoms. The molecule has 0 spiro atoms. The van der Waals surface area contributed by atoms with E-state index in [2.05, 4.69) is 9.97 Å². The summed E-state index contributed by atoms with van der Waals surface area (Å²) in [6, 6.07) is 0. The van der Waals surface area contributed by atoms with Crippen molar-refractivity contribution in [2.45, 2.75) is 6.10 Å². The Morgan fingerprint density at radius 2 is 2.08 bits per heavy atom. The molecule has 0 aliphatic carbocycles. The van der Waals surface area contributed by atoms with Crippen LogP contribution in [0.15, 0.2) is 12.4 Å². The highest BCUT2D eigenvalue weighted by Crippen LogP contribution is 2.09. The van der Waals surface area contributed by atoms with E-state index < -0.39 is 6.10 Å². The van der Waals surface area contributed by atoms with Crippen molar-refractivity contribution < 1.29 is 14.9 Å². The van der Waals surface area contributed by atoms with Gasteiger partial charge in [-0.2, -0.15) is 0 Å². The van der Waals surface area contributed by atoms with E-state index in [0.717, 1.165) is 0 Å². The smallest absolute Gasteiger partial charge is 0.159 e. The number of hydrogen-bond donors (Lipinski definition) is 2. The second-order valence-electron chi connectivity index (χ2n) is 2.18. The van der Waals surface area contributed by atoms with Crippen molar-refractivity contribution in [3.63, 3.8) is 0 Å². The maximum atomic E-state index is 9.08. The summed E-state index contributed by atoms with van der Waals surface area (Å²) >= 11 is 0. The summed E-state index contributed by atoms with van der Waals surface area (Å²) in [5.41, 5.74) is 0. The molecule has 0 radical (unpaired) electrons. The Morgan fingerprint density at radius 1 is 1.50 bits per heavy atom. The molecule has 1 atom stereocenters. The fourth-order valence-corrected chi connectivity index (χ4v) is 0.685. The van der Waals surface area contributed by atoms with Crippen molar-refractivity contribution in [2.75, 3.05) is 13.7 Å². The van der Waals surface area contributed by atoms with Crippen LogP contribution in [-0.2, 0) is 0 Å². The maximum Gasteiger partial charge on any atom is 0.159 e. The topological polar surface area (TPSA) is 75.5 Å². The molecular formula is C7H10N2O3. The molecular weight excluding hydrogens is 160 g/mol. The van der Waals surface area contributed by atoms with E-state index in [1.54, 1.807) is 0 Å². The molecule has 0 saturated heterocycles. The predicted molar refractivity (Wildman–Crippen MR) is 40.6 cm³/mol. The number of aliphatic hydroxyl groups excluding tert-OH is 2. The van der Waals surface area contributed by atoms with Crippen molar-refractivity contribution in [2.24, 2.45) is 0 Å². The number of ether oxygens (including phenoxy) is 1. The van der Waals surface area contributed by atoms with E-state index in [0.29, 0.717) is 5.75 Å². The lowest BCUT2D eigenvalue weighted by Crippen LogP contribution is -2.07. The van der Waals surface area contributed by atoms with E-state index >= 15 is 0 Å². The fourth-order valence-electron chi connectivity index (χ4n) is 0.685. The van der Waals surface area contributed by atoms with Gasteiger partial charge in [0.1, 0.15) is 6.10 Å². The minimum absolute atomic E-state index is 0.193. The summed E-state index contributed by atoms with van der Waals surface area (Å²) in [6.07, 6.45) is 1.85.